The number of nitrogens with one attached hydrogen (secondary N) is 1. The summed E-state index contributed by atoms with van der Waals surface area (Å²) in [5.74, 6) is -0.676. The molecular weight excluding hydrogens is 368 g/mol. The van der Waals surface area contributed by atoms with E-state index < -0.39 is 5.97 Å². The molecule has 0 saturated carbocycles. The third kappa shape index (κ3) is 3.54. The number of carbonyl (C=O) groups is 2. The second kappa shape index (κ2) is 7.35. The molecule has 4 rings (SSSR count). The lowest BCUT2D eigenvalue weighted by molar-refractivity contribution is -0.131. The summed E-state index contributed by atoms with van der Waals surface area (Å²) in [6.07, 6.45) is 4.36. The Kier molecular flexibility index (Phi) is 4.72. The summed E-state index contributed by atoms with van der Waals surface area (Å²) in [7, 11) is 1.77. The molecule has 7 nitrogen and oxygen atoms in total. The normalized spacial score (nSPS) is 15.3. The van der Waals surface area contributed by atoms with Crippen LogP contribution in [0.3, 0.4) is 0 Å². The van der Waals surface area contributed by atoms with Gasteiger partial charge in [-0.15, -0.1) is 0 Å². The summed E-state index contributed by atoms with van der Waals surface area (Å²) in [5.41, 5.74) is 4.80. The van der Waals surface area contributed by atoms with Crippen LogP contribution >= 0.6 is 0 Å². The molecule has 0 bridgehead atoms. The average molecular weight is 388 g/mol. The molecule has 0 saturated heterocycles. The van der Waals surface area contributed by atoms with Gasteiger partial charge in [-0.3, -0.25) is 9.48 Å². The van der Waals surface area contributed by atoms with Crippen molar-refractivity contribution in [1.82, 2.24) is 14.8 Å². The molecule has 0 amide bonds. The first-order chi connectivity index (χ1) is 13.9. The van der Waals surface area contributed by atoms with Crippen LogP contribution in [-0.2, 0) is 11.8 Å². The summed E-state index contributed by atoms with van der Waals surface area (Å²) in [6, 6.07) is 11.2. The van der Waals surface area contributed by atoms with Crippen molar-refractivity contribution < 1.29 is 14.7 Å². The number of aliphatic carboxylic acids is 1. The number of carboxylic acids is 1. The van der Waals surface area contributed by atoms with Gasteiger partial charge in [0, 0.05) is 31.4 Å². The molecule has 0 radical (unpaired) electrons. The minimum atomic E-state index is -0.999. The van der Waals surface area contributed by atoms with Crippen molar-refractivity contribution in [3.8, 4) is 11.1 Å². The average Bonchev–Trinajstić information content (AvgIpc) is 3.28. The van der Waals surface area contributed by atoms with Crippen molar-refractivity contribution in [3.63, 3.8) is 0 Å². The fraction of sp³-hybridized carbons (Fsp3) is 0.182. The largest absolute Gasteiger partial charge is 0.478 e. The number of benzene rings is 1. The molecule has 1 atom stereocenters. The molecule has 3 aromatic rings. The van der Waals surface area contributed by atoms with E-state index in [0.717, 1.165) is 34.0 Å². The van der Waals surface area contributed by atoms with Crippen LogP contribution in [0.2, 0.25) is 0 Å². The second-order valence-corrected chi connectivity index (χ2v) is 7.01. The summed E-state index contributed by atoms with van der Waals surface area (Å²) in [4.78, 5) is 28.5. The standard InChI is InChI=1S/C22H20N4O3/c1-13-10-18(26(2)25-13)21(29)17-12-24-22-20(17)16(8-9-23-22)15-5-3-4-14(11-15)6-7-19(27)28/h3-11,17H,12H2,1-2H3,(H,23,24)(H,27,28)/b7-6+. The number of nitrogens with zero attached hydrogens (tertiary/aromatic N) is 3. The number of carbonyl (C=O) groups excluding carboxylic acids is 1. The number of ketones is 1. The van der Waals surface area contributed by atoms with E-state index in [0.29, 0.717) is 18.1 Å². The van der Waals surface area contributed by atoms with Gasteiger partial charge in [0.2, 0.25) is 0 Å². The van der Waals surface area contributed by atoms with Crippen molar-refractivity contribution in [2.75, 3.05) is 11.9 Å². The Morgan fingerprint density at radius 2 is 2.10 bits per heavy atom. The van der Waals surface area contributed by atoms with Crippen LogP contribution in [0.25, 0.3) is 17.2 Å². The van der Waals surface area contributed by atoms with Crippen LogP contribution in [0.1, 0.15) is 33.2 Å². The number of pyridine rings is 1. The number of fused-ring (bicyclic) bond motifs is 1. The van der Waals surface area contributed by atoms with Crippen molar-refractivity contribution in [2.45, 2.75) is 12.8 Å². The van der Waals surface area contributed by atoms with Crippen LogP contribution in [0.5, 0.6) is 0 Å². The van der Waals surface area contributed by atoms with Crippen molar-refractivity contribution in [2.24, 2.45) is 7.05 Å². The fourth-order valence-electron chi connectivity index (χ4n) is 3.74. The van der Waals surface area contributed by atoms with Gasteiger partial charge in [0.25, 0.3) is 0 Å². The first-order valence-electron chi connectivity index (χ1n) is 9.23. The molecule has 0 spiro atoms. The van der Waals surface area contributed by atoms with E-state index in [1.54, 1.807) is 30.1 Å². The third-order valence-electron chi connectivity index (χ3n) is 5.00. The number of anilines is 1. The summed E-state index contributed by atoms with van der Waals surface area (Å²) < 4.78 is 1.61. The lowest BCUT2D eigenvalue weighted by Gasteiger charge is -2.14. The van der Waals surface area contributed by atoms with Crippen LogP contribution in [-0.4, -0.2) is 38.2 Å². The zero-order valence-corrected chi connectivity index (χ0v) is 16.1. The van der Waals surface area contributed by atoms with Crippen LogP contribution in [0, 0.1) is 6.92 Å². The van der Waals surface area contributed by atoms with Crippen molar-refractivity contribution in [1.29, 1.82) is 0 Å². The number of Topliss-reactive ketones (excluding diaryl/α,β-unsaturated/α-hetero) is 1. The van der Waals surface area contributed by atoms with Crippen LogP contribution in [0.15, 0.2) is 48.7 Å². The van der Waals surface area contributed by atoms with E-state index in [-0.39, 0.29) is 11.7 Å². The van der Waals surface area contributed by atoms with E-state index in [4.69, 9.17) is 5.11 Å². The second-order valence-electron chi connectivity index (χ2n) is 7.01. The molecule has 29 heavy (non-hydrogen) atoms. The van der Waals surface area contributed by atoms with Gasteiger partial charge in [-0.05, 0) is 47.9 Å². The monoisotopic (exact) mass is 388 g/mol. The molecule has 146 valence electrons. The highest BCUT2D eigenvalue weighted by Gasteiger charge is 2.34. The first-order valence-corrected chi connectivity index (χ1v) is 9.23. The minimum absolute atomic E-state index is 0.00414. The molecule has 2 N–H and O–H groups in total. The van der Waals surface area contributed by atoms with Gasteiger partial charge < -0.3 is 10.4 Å². The number of hydrogen-bond donors (Lipinski definition) is 2. The lowest BCUT2D eigenvalue weighted by Crippen LogP contribution is -2.18. The molecule has 7 heteroatoms. The van der Waals surface area contributed by atoms with E-state index in [1.807, 2.05) is 37.3 Å². The van der Waals surface area contributed by atoms with E-state index in [1.165, 1.54) is 0 Å². The summed E-state index contributed by atoms with van der Waals surface area (Å²) >= 11 is 0. The maximum absolute atomic E-state index is 13.3. The molecule has 1 unspecified atom stereocenters. The highest BCUT2D eigenvalue weighted by molar-refractivity contribution is 6.03. The van der Waals surface area contributed by atoms with Gasteiger partial charge in [-0.1, -0.05) is 18.2 Å². The molecule has 1 aliphatic heterocycles. The van der Waals surface area contributed by atoms with Gasteiger partial charge in [0.15, 0.2) is 5.78 Å². The highest BCUT2D eigenvalue weighted by atomic mass is 16.4. The van der Waals surface area contributed by atoms with Gasteiger partial charge in [-0.25, -0.2) is 9.78 Å². The van der Waals surface area contributed by atoms with Crippen LogP contribution in [0.4, 0.5) is 5.82 Å². The molecule has 2 aromatic heterocycles. The van der Waals surface area contributed by atoms with Crippen molar-refractivity contribution in [3.05, 3.63) is 71.2 Å². The molecular formula is C22H20N4O3. The Hall–Kier alpha value is -3.74. The van der Waals surface area contributed by atoms with Gasteiger partial charge in [-0.2, -0.15) is 5.10 Å². The quantitative estimate of drug-likeness (QED) is 0.514. The molecule has 1 aliphatic rings. The predicted octanol–water partition coefficient (Wildman–Crippen LogP) is 3.28. The van der Waals surface area contributed by atoms with Gasteiger partial charge in [0.05, 0.1) is 11.6 Å². The fourth-order valence-corrected chi connectivity index (χ4v) is 3.74. The first kappa shape index (κ1) is 18.6. The zero-order valence-electron chi connectivity index (χ0n) is 16.1. The van der Waals surface area contributed by atoms with E-state index >= 15 is 0 Å². The van der Waals surface area contributed by atoms with Crippen LogP contribution < -0.4 is 5.32 Å². The van der Waals surface area contributed by atoms with Gasteiger partial charge >= 0.3 is 5.97 Å². The SMILES string of the molecule is Cc1cc(C(=O)C2CNc3nccc(-c4cccc(/C=C/C(=O)O)c4)c32)n(C)n1. The minimum Gasteiger partial charge on any atom is -0.478 e. The highest BCUT2D eigenvalue weighted by Crippen LogP contribution is 2.39. The van der Waals surface area contributed by atoms with Gasteiger partial charge in [0.1, 0.15) is 11.5 Å². The Balaban J connectivity index is 1.77. The predicted molar refractivity (Wildman–Crippen MR) is 110 cm³/mol. The third-order valence-corrected chi connectivity index (χ3v) is 5.00. The Labute approximate surface area is 167 Å². The molecule has 1 aromatic carbocycles. The maximum Gasteiger partial charge on any atom is 0.328 e. The van der Waals surface area contributed by atoms with E-state index in [2.05, 4.69) is 15.4 Å². The topological polar surface area (TPSA) is 97.1 Å². The number of aromatic nitrogens is 3. The summed E-state index contributed by atoms with van der Waals surface area (Å²) in [6.45, 7) is 2.34. The Morgan fingerprint density at radius 1 is 1.28 bits per heavy atom. The van der Waals surface area contributed by atoms with E-state index in [9.17, 15) is 9.59 Å². The number of carboxylic acid groups (broad SMARTS) is 1. The number of hydrogen-bond acceptors (Lipinski definition) is 5. The Bertz CT molecular complexity index is 1150. The number of aryl methyl sites for hydroxylation is 2. The Morgan fingerprint density at radius 3 is 2.83 bits per heavy atom. The van der Waals surface area contributed by atoms with Crippen molar-refractivity contribution >= 4 is 23.6 Å². The summed E-state index contributed by atoms with van der Waals surface area (Å²) in [5, 5.41) is 16.4. The molecule has 0 aliphatic carbocycles. The molecule has 0 fully saturated rings. The smallest absolute Gasteiger partial charge is 0.328 e. The number of rotatable bonds is 5. The molecule has 3 heterocycles. The maximum atomic E-state index is 13.3. The zero-order chi connectivity index (χ0) is 20.5. The lowest BCUT2D eigenvalue weighted by atomic mass is 9.89.